The monoisotopic (exact) mass is 276 g/mol. The first-order chi connectivity index (χ1) is 9.07. The van der Waals surface area contributed by atoms with Crippen LogP contribution in [0.2, 0.25) is 0 Å². The van der Waals surface area contributed by atoms with E-state index < -0.39 is 27.9 Å². The number of hydrogen-bond acceptors (Lipinski definition) is 5. The van der Waals surface area contributed by atoms with Crippen LogP contribution in [0.4, 0.5) is 20.2 Å². The third-order valence-corrected chi connectivity index (χ3v) is 2.25. The standard InChI is InChI=1S/C11H14F2N2O4/c1-18-6-7-19-5-4-14-11-9(15(16)17)3-2-8(12)10(11)13/h2-3,14H,4-7H2,1H3. The minimum absolute atomic E-state index is 0.116. The van der Waals surface area contributed by atoms with Crippen molar-refractivity contribution in [2.75, 3.05) is 38.8 Å². The second-order valence-electron chi connectivity index (χ2n) is 3.54. The van der Waals surface area contributed by atoms with Gasteiger partial charge >= 0.3 is 0 Å². The Morgan fingerprint density at radius 2 is 2.05 bits per heavy atom. The summed E-state index contributed by atoms with van der Waals surface area (Å²) < 4.78 is 36.3. The molecule has 0 aliphatic carbocycles. The zero-order valence-electron chi connectivity index (χ0n) is 10.3. The van der Waals surface area contributed by atoms with Crippen LogP contribution in [0, 0.1) is 21.7 Å². The molecular weight excluding hydrogens is 262 g/mol. The van der Waals surface area contributed by atoms with Crippen molar-refractivity contribution in [3.8, 4) is 0 Å². The maximum absolute atomic E-state index is 13.4. The molecule has 1 aromatic carbocycles. The summed E-state index contributed by atoms with van der Waals surface area (Å²) in [5, 5.41) is 13.1. The summed E-state index contributed by atoms with van der Waals surface area (Å²) in [6.07, 6.45) is 0. The molecule has 0 aliphatic rings. The van der Waals surface area contributed by atoms with Crippen LogP contribution in [-0.4, -0.2) is 38.4 Å². The van der Waals surface area contributed by atoms with Gasteiger partial charge in [0.25, 0.3) is 5.69 Å². The topological polar surface area (TPSA) is 73.6 Å². The minimum Gasteiger partial charge on any atom is -0.382 e. The Hall–Kier alpha value is -1.80. The number of ether oxygens (including phenoxy) is 2. The van der Waals surface area contributed by atoms with Crippen LogP contribution in [0.15, 0.2) is 12.1 Å². The molecule has 6 nitrogen and oxygen atoms in total. The lowest BCUT2D eigenvalue weighted by Crippen LogP contribution is -2.14. The first-order valence-corrected chi connectivity index (χ1v) is 5.51. The molecule has 0 saturated heterocycles. The molecule has 19 heavy (non-hydrogen) atoms. The van der Waals surface area contributed by atoms with Crippen molar-refractivity contribution < 1.29 is 23.2 Å². The van der Waals surface area contributed by atoms with Gasteiger partial charge < -0.3 is 14.8 Å². The van der Waals surface area contributed by atoms with Gasteiger partial charge in [-0.15, -0.1) is 0 Å². The van der Waals surface area contributed by atoms with Crippen LogP contribution in [0.5, 0.6) is 0 Å². The van der Waals surface area contributed by atoms with Gasteiger partial charge in [0.2, 0.25) is 0 Å². The van der Waals surface area contributed by atoms with E-state index in [0.29, 0.717) is 19.3 Å². The molecule has 106 valence electrons. The van der Waals surface area contributed by atoms with Crippen molar-refractivity contribution >= 4 is 11.4 Å². The van der Waals surface area contributed by atoms with Gasteiger partial charge in [-0.2, -0.15) is 0 Å². The van der Waals surface area contributed by atoms with E-state index in [2.05, 4.69) is 5.32 Å². The smallest absolute Gasteiger partial charge is 0.295 e. The molecular formula is C11H14F2N2O4. The molecule has 1 rings (SSSR count). The van der Waals surface area contributed by atoms with E-state index in [9.17, 15) is 18.9 Å². The first kappa shape index (κ1) is 15.3. The molecule has 0 amide bonds. The lowest BCUT2D eigenvalue weighted by atomic mass is 10.2. The van der Waals surface area contributed by atoms with Gasteiger partial charge in [0.1, 0.15) is 0 Å². The van der Waals surface area contributed by atoms with Crippen molar-refractivity contribution in [1.29, 1.82) is 0 Å². The summed E-state index contributed by atoms with van der Waals surface area (Å²) in [5.74, 6) is -2.42. The molecule has 1 aromatic rings. The molecule has 8 heteroatoms. The largest absolute Gasteiger partial charge is 0.382 e. The molecule has 0 aliphatic heterocycles. The molecule has 1 N–H and O–H groups in total. The Balaban J connectivity index is 2.61. The van der Waals surface area contributed by atoms with Gasteiger partial charge in [-0.1, -0.05) is 0 Å². The lowest BCUT2D eigenvalue weighted by Gasteiger charge is -2.09. The third-order valence-electron chi connectivity index (χ3n) is 2.25. The number of nitrogens with zero attached hydrogens (tertiary/aromatic N) is 1. The van der Waals surface area contributed by atoms with Crippen molar-refractivity contribution in [3.05, 3.63) is 33.9 Å². The zero-order valence-corrected chi connectivity index (χ0v) is 10.3. The van der Waals surface area contributed by atoms with E-state index in [4.69, 9.17) is 9.47 Å². The molecule has 0 aromatic heterocycles. The number of benzene rings is 1. The number of nitro groups is 1. The zero-order chi connectivity index (χ0) is 14.3. The summed E-state index contributed by atoms with van der Waals surface area (Å²) in [5.41, 5.74) is -0.990. The average molecular weight is 276 g/mol. The highest BCUT2D eigenvalue weighted by atomic mass is 19.2. The Labute approximate surface area is 108 Å². The summed E-state index contributed by atoms with van der Waals surface area (Å²) >= 11 is 0. The Bertz CT molecular complexity index is 443. The predicted molar refractivity (Wildman–Crippen MR) is 64.2 cm³/mol. The van der Waals surface area contributed by atoms with Gasteiger partial charge in [0.15, 0.2) is 17.3 Å². The van der Waals surface area contributed by atoms with Crippen molar-refractivity contribution in [2.45, 2.75) is 0 Å². The van der Waals surface area contributed by atoms with E-state index in [1.807, 2.05) is 0 Å². The first-order valence-electron chi connectivity index (χ1n) is 5.51. The molecule has 0 fully saturated rings. The van der Waals surface area contributed by atoms with E-state index in [1.165, 1.54) is 7.11 Å². The second kappa shape index (κ2) is 7.59. The number of rotatable bonds is 8. The molecule has 0 saturated carbocycles. The van der Waals surface area contributed by atoms with Gasteiger partial charge in [-0.25, -0.2) is 8.78 Å². The van der Waals surface area contributed by atoms with E-state index in [0.717, 1.165) is 6.07 Å². The van der Waals surface area contributed by atoms with Crippen molar-refractivity contribution in [2.24, 2.45) is 0 Å². The van der Waals surface area contributed by atoms with Gasteiger partial charge in [0.05, 0.1) is 24.7 Å². The van der Waals surface area contributed by atoms with Crippen LogP contribution in [0.3, 0.4) is 0 Å². The predicted octanol–water partition coefficient (Wildman–Crippen LogP) is 1.95. The van der Waals surface area contributed by atoms with Crippen molar-refractivity contribution in [3.63, 3.8) is 0 Å². The van der Waals surface area contributed by atoms with Crippen molar-refractivity contribution in [1.82, 2.24) is 0 Å². The maximum Gasteiger partial charge on any atom is 0.295 e. The van der Waals surface area contributed by atoms with Gasteiger partial charge in [-0.3, -0.25) is 10.1 Å². The molecule has 0 atom stereocenters. The van der Waals surface area contributed by atoms with Crippen LogP contribution in [-0.2, 0) is 9.47 Å². The van der Waals surface area contributed by atoms with E-state index in [-0.39, 0.29) is 13.2 Å². The molecule has 0 spiro atoms. The lowest BCUT2D eigenvalue weighted by molar-refractivity contribution is -0.384. The van der Waals surface area contributed by atoms with Gasteiger partial charge in [0, 0.05) is 19.7 Å². The Morgan fingerprint density at radius 1 is 1.32 bits per heavy atom. The number of nitrogens with one attached hydrogen (secondary N) is 1. The van der Waals surface area contributed by atoms with E-state index >= 15 is 0 Å². The number of nitro benzene ring substituents is 1. The molecule has 0 radical (unpaired) electrons. The highest BCUT2D eigenvalue weighted by Crippen LogP contribution is 2.28. The SMILES string of the molecule is COCCOCCNc1c([N+](=O)[O-])ccc(F)c1F. The van der Waals surface area contributed by atoms with Crippen LogP contribution >= 0.6 is 0 Å². The fraction of sp³-hybridized carbons (Fsp3) is 0.455. The summed E-state index contributed by atoms with van der Waals surface area (Å²) in [6.45, 7) is 1.07. The maximum atomic E-state index is 13.4. The Kier molecular flexibility index (Phi) is 6.10. The minimum atomic E-state index is -1.27. The second-order valence-corrected chi connectivity index (χ2v) is 3.54. The molecule has 0 bridgehead atoms. The summed E-state index contributed by atoms with van der Waals surface area (Å²) in [6, 6.07) is 1.63. The normalized spacial score (nSPS) is 10.5. The van der Waals surface area contributed by atoms with Crippen LogP contribution in [0.25, 0.3) is 0 Å². The highest BCUT2D eigenvalue weighted by molar-refractivity contribution is 5.62. The number of methoxy groups -OCH3 is 1. The molecule has 0 heterocycles. The van der Waals surface area contributed by atoms with E-state index in [1.54, 1.807) is 0 Å². The van der Waals surface area contributed by atoms with Crippen LogP contribution < -0.4 is 5.32 Å². The Morgan fingerprint density at radius 3 is 2.68 bits per heavy atom. The molecule has 0 unspecified atom stereocenters. The fourth-order valence-corrected chi connectivity index (χ4v) is 1.35. The third kappa shape index (κ3) is 4.42. The average Bonchev–Trinajstić information content (AvgIpc) is 2.38. The highest BCUT2D eigenvalue weighted by Gasteiger charge is 2.20. The quantitative estimate of drug-likeness (QED) is 0.446. The summed E-state index contributed by atoms with van der Waals surface area (Å²) in [4.78, 5) is 9.91. The number of anilines is 1. The number of hydrogen-bond donors (Lipinski definition) is 1. The van der Waals surface area contributed by atoms with Gasteiger partial charge in [-0.05, 0) is 6.07 Å². The van der Waals surface area contributed by atoms with Crippen LogP contribution in [0.1, 0.15) is 0 Å². The summed E-state index contributed by atoms with van der Waals surface area (Å²) in [7, 11) is 1.52. The number of halogens is 2. The fourth-order valence-electron chi connectivity index (χ4n) is 1.35.